The third-order valence-electron chi connectivity index (χ3n) is 3.55. The van der Waals surface area contributed by atoms with Gasteiger partial charge in [0.05, 0.1) is 5.02 Å². The molecule has 1 aliphatic rings. The molecule has 1 N–H and O–H groups in total. The lowest BCUT2D eigenvalue weighted by atomic mass is 10.0. The fourth-order valence-electron chi connectivity index (χ4n) is 2.34. The lowest BCUT2D eigenvalue weighted by Crippen LogP contribution is -2.44. The molecular formula is C14H18ClFN2O. The van der Waals surface area contributed by atoms with Crippen LogP contribution in [0.2, 0.25) is 5.02 Å². The van der Waals surface area contributed by atoms with Gasteiger partial charge in [-0.15, -0.1) is 0 Å². The van der Waals surface area contributed by atoms with E-state index in [9.17, 15) is 9.18 Å². The number of nitrogens with one attached hydrogen (secondary N) is 1. The summed E-state index contributed by atoms with van der Waals surface area (Å²) in [6.07, 6.45) is 1.81. The Balaban J connectivity index is 1.84. The van der Waals surface area contributed by atoms with Gasteiger partial charge in [0, 0.05) is 38.2 Å². The maximum Gasteiger partial charge on any atom is 0.219 e. The van der Waals surface area contributed by atoms with Crippen LogP contribution in [-0.2, 0) is 11.3 Å². The monoisotopic (exact) mass is 284 g/mol. The highest BCUT2D eigenvalue weighted by Crippen LogP contribution is 2.18. The summed E-state index contributed by atoms with van der Waals surface area (Å²) in [5.41, 5.74) is 0.585. The number of halogens is 2. The number of hydrogen-bond donors (Lipinski definition) is 1. The van der Waals surface area contributed by atoms with E-state index in [0.717, 1.165) is 25.9 Å². The van der Waals surface area contributed by atoms with Gasteiger partial charge in [-0.25, -0.2) is 4.39 Å². The maximum absolute atomic E-state index is 13.7. The summed E-state index contributed by atoms with van der Waals surface area (Å²) in [6.45, 7) is 3.60. The lowest BCUT2D eigenvalue weighted by Gasteiger charge is -2.31. The summed E-state index contributed by atoms with van der Waals surface area (Å²) >= 11 is 5.74. The second-order valence-corrected chi connectivity index (χ2v) is 5.28. The van der Waals surface area contributed by atoms with Crippen molar-refractivity contribution in [3.05, 3.63) is 34.6 Å². The molecule has 1 aliphatic heterocycles. The highest BCUT2D eigenvalue weighted by Gasteiger charge is 2.20. The number of hydrogen-bond acceptors (Lipinski definition) is 2. The first kappa shape index (κ1) is 14.3. The van der Waals surface area contributed by atoms with Crippen LogP contribution < -0.4 is 5.32 Å². The number of rotatable bonds is 3. The quantitative estimate of drug-likeness (QED) is 0.925. The average molecular weight is 285 g/mol. The van der Waals surface area contributed by atoms with E-state index in [1.165, 1.54) is 0 Å². The first-order valence-corrected chi connectivity index (χ1v) is 6.87. The second kappa shape index (κ2) is 6.35. The van der Waals surface area contributed by atoms with E-state index in [0.29, 0.717) is 18.2 Å². The van der Waals surface area contributed by atoms with Crippen molar-refractivity contribution in [2.24, 2.45) is 0 Å². The van der Waals surface area contributed by atoms with Crippen molar-refractivity contribution in [3.8, 4) is 0 Å². The van der Waals surface area contributed by atoms with Crippen LogP contribution in [-0.4, -0.2) is 29.9 Å². The van der Waals surface area contributed by atoms with Crippen LogP contribution in [0.3, 0.4) is 0 Å². The molecule has 104 valence electrons. The van der Waals surface area contributed by atoms with Crippen LogP contribution in [0.1, 0.15) is 25.3 Å². The molecule has 0 saturated carbocycles. The van der Waals surface area contributed by atoms with Crippen molar-refractivity contribution < 1.29 is 9.18 Å². The van der Waals surface area contributed by atoms with Crippen LogP contribution in [0.25, 0.3) is 0 Å². The van der Waals surface area contributed by atoms with Crippen molar-refractivity contribution in [2.45, 2.75) is 32.4 Å². The summed E-state index contributed by atoms with van der Waals surface area (Å²) in [4.78, 5) is 13.1. The van der Waals surface area contributed by atoms with Crippen LogP contribution in [0.15, 0.2) is 18.2 Å². The van der Waals surface area contributed by atoms with Gasteiger partial charge in [0.2, 0.25) is 5.91 Å². The molecule has 0 aromatic heterocycles. The Kier molecular flexibility index (Phi) is 4.77. The topological polar surface area (TPSA) is 32.3 Å². The number of carbonyl (C=O) groups excluding carboxylic acids is 1. The average Bonchev–Trinajstić information content (AvgIpc) is 2.41. The van der Waals surface area contributed by atoms with Crippen molar-refractivity contribution in [1.29, 1.82) is 0 Å². The van der Waals surface area contributed by atoms with Gasteiger partial charge in [-0.3, -0.25) is 4.79 Å². The van der Waals surface area contributed by atoms with E-state index in [1.54, 1.807) is 25.1 Å². The summed E-state index contributed by atoms with van der Waals surface area (Å²) in [5.74, 6) is -0.225. The van der Waals surface area contributed by atoms with E-state index in [1.807, 2.05) is 4.90 Å². The largest absolute Gasteiger partial charge is 0.343 e. The molecule has 5 heteroatoms. The van der Waals surface area contributed by atoms with Gasteiger partial charge in [-0.05, 0) is 18.9 Å². The summed E-state index contributed by atoms with van der Waals surface area (Å²) in [7, 11) is 0. The van der Waals surface area contributed by atoms with Crippen molar-refractivity contribution in [1.82, 2.24) is 10.2 Å². The van der Waals surface area contributed by atoms with Gasteiger partial charge in [0.15, 0.2) is 0 Å². The van der Waals surface area contributed by atoms with Gasteiger partial charge >= 0.3 is 0 Å². The SMILES string of the molecule is CC(=O)N1CCC(NCc2cccc(Cl)c2F)CC1. The Labute approximate surface area is 117 Å². The molecule has 1 aromatic carbocycles. The summed E-state index contributed by atoms with van der Waals surface area (Å²) in [6, 6.07) is 5.36. The minimum atomic E-state index is -0.349. The number of carbonyl (C=O) groups is 1. The Morgan fingerprint density at radius 1 is 1.47 bits per heavy atom. The number of piperidine rings is 1. The minimum absolute atomic E-state index is 0.124. The molecule has 0 bridgehead atoms. The third-order valence-corrected chi connectivity index (χ3v) is 3.84. The number of benzene rings is 1. The Hall–Kier alpha value is -1.13. The number of likely N-dealkylation sites (tertiary alicyclic amines) is 1. The molecule has 0 atom stereocenters. The fourth-order valence-corrected chi connectivity index (χ4v) is 2.53. The second-order valence-electron chi connectivity index (χ2n) is 4.87. The van der Waals surface area contributed by atoms with Gasteiger partial charge in [-0.2, -0.15) is 0 Å². The van der Waals surface area contributed by atoms with Crippen molar-refractivity contribution in [3.63, 3.8) is 0 Å². The minimum Gasteiger partial charge on any atom is -0.343 e. The first-order chi connectivity index (χ1) is 9.08. The predicted molar refractivity (Wildman–Crippen MR) is 73.5 cm³/mol. The van der Waals surface area contributed by atoms with Gasteiger partial charge in [0.1, 0.15) is 5.82 Å². The first-order valence-electron chi connectivity index (χ1n) is 6.49. The van der Waals surface area contributed by atoms with Crippen LogP contribution in [0.4, 0.5) is 4.39 Å². The van der Waals surface area contributed by atoms with Crippen molar-refractivity contribution in [2.75, 3.05) is 13.1 Å². The Morgan fingerprint density at radius 2 is 2.16 bits per heavy atom. The lowest BCUT2D eigenvalue weighted by molar-refractivity contribution is -0.129. The normalized spacial score (nSPS) is 16.7. The molecule has 1 heterocycles. The zero-order chi connectivity index (χ0) is 13.8. The highest BCUT2D eigenvalue weighted by atomic mass is 35.5. The summed E-state index contributed by atoms with van der Waals surface area (Å²) < 4.78 is 13.7. The molecule has 0 radical (unpaired) electrons. The van der Waals surface area contributed by atoms with E-state index in [-0.39, 0.29) is 16.7 Å². The molecule has 0 aliphatic carbocycles. The molecule has 1 saturated heterocycles. The zero-order valence-electron chi connectivity index (χ0n) is 11.0. The van der Waals surface area contributed by atoms with Gasteiger partial charge < -0.3 is 10.2 Å². The van der Waals surface area contributed by atoms with E-state index in [4.69, 9.17) is 11.6 Å². The van der Waals surface area contributed by atoms with E-state index >= 15 is 0 Å². The van der Waals surface area contributed by atoms with Crippen LogP contribution in [0, 0.1) is 5.82 Å². The third kappa shape index (κ3) is 3.67. The van der Waals surface area contributed by atoms with Crippen molar-refractivity contribution >= 4 is 17.5 Å². The van der Waals surface area contributed by atoms with Gasteiger partial charge in [0.25, 0.3) is 0 Å². The molecular weight excluding hydrogens is 267 g/mol. The van der Waals surface area contributed by atoms with E-state index < -0.39 is 0 Å². The standard InChI is InChI=1S/C14H18ClFN2O/c1-10(19)18-7-5-12(6-8-18)17-9-11-3-2-4-13(15)14(11)16/h2-4,12,17H,5-9H2,1H3. The Morgan fingerprint density at radius 3 is 2.79 bits per heavy atom. The number of amides is 1. The molecule has 1 amide bonds. The van der Waals surface area contributed by atoms with Crippen LogP contribution >= 0.6 is 11.6 Å². The molecule has 19 heavy (non-hydrogen) atoms. The zero-order valence-corrected chi connectivity index (χ0v) is 11.7. The predicted octanol–water partition coefficient (Wildman–Crippen LogP) is 2.58. The number of nitrogens with zero attached hydrogens (tertiary/aromatic N) is 1. The summed E-state index contributed by atoms with van der Waals surface area (Å²) in [5, 5.41) is 3.49. The molecule has 1 fully saturated rings. The molecule has 2 rings (SSSR count). The fraction of sp³-hybridized carbons (Fsp3) is 0.500. The Bertz CT molecular complexity index is 459. The highest BCUT2D eigenvalue weighted by molar-refractivity contribution is 6.30. The molecule has 1 aromatic rings. The maximum atomic E-state index is 13.7. The molecule has 0 unspecified atom stereocenters. The molecule has 3 nitrogen and oxygen atoms in total. The smallest absolute Gasteiger partial charge is 0.219 e. The van der Waals surface area contributed by atoms with Gasteiger partial charge in [-0.1, -0.05) is 23.7 Å². The molecule has 0 spiro atoms. The van der Waals surface area contributed by atoms with Crippen LogP contribution in [0.5, 0.6) is 0 Å². The van der Waals surface area contributed by atoms with E-state index in [2.05, 4.69) is 5.32 Å².